The third-order valence-corrected chi connectivity index (χ3v) is 5.53. The van der Waals surface area contributed by atoms with Crippen LogP contribution in [0.2, 0.25) is 0 Å². The summed E-state index contributed by atoms with van der Waals surface area (Å²) < 4.78 is 0. The molecule has 0 aromatic carbocycles. The van der Waals surface area contributed by atoms with Crippen LogP contribution in [-0.4, -0.2) is 28.0 Å². The monoisotopic (exact) mass is 308 g/mol. The summed E-state index contributed by atoms with van der Waals surface area (Å²) in [6, 6.07) is 0. The first kappa shape index (κ1) is 14.0. The van der Waals surface area contributed by atoms with E-state index in [0.29, 0.717) is 5.13 Å². The highest BCUT2D eigenvalue weighted by atomic mass is 32.1. The molecule has 0 spiro atoms. The molecule has 0 aliphatic carbocycles. The molecule has 1 aliphatic rings. The predicted octanol–water partition coefficient (Wildman–Crippen LogP) is 3.39. The Morgan fingerprint density at radius 2 is 2.30 bits per heavy atom. The molecule has 108 valence electrons. The minimum atomic E-state index is 0.624. The van der Waals surface area contributed by atoms with Crippen molar-refractivity contribution in [2.75, 3.05) is 18.8 Å². The molecule has 0 saturated carbocycles. The number of hydrogen-bond acceptors (Lipinski definition) is 6. The molecule has 0 radical (unpaired) electrons. The number of piperidine rings is 1. The van der Waals surface area contributed by atoms with Crippen molar-refractivity contribution in [3.63, 3.8) is 0 Å². The van der Waals surface area contributed by atoms with E-state index in [1.54, 1.807) is 11.3 Å². The lowest BCUT2D eigenvalue weighted by molar-refractivity contribution is 0.176. The predicted molar refractivity (Wildman–Crippen MR) is 86.0 cm³/mol. The maximum Gasteiger partial charge on any atom is 0.180 e. The maximum atomic E-state index is 5.72. The van der Waals surface area contributed by atoms with Crippen molar-refractivity contribution in [3.8, 4) is 10.6 Å². The fraction of sp³-hybridized carbons (Fsp3) is 0.571. The largest absolute Gasteiger partial charge is 0.375 e. The summed E-state index contributed by atoms with van der Waals surface area (Å²) in [5.41, 5.74) is 7.76. The molecule has 4 nitrogen and oxygen atoms in total. The Morgan fingerprint density at radius 3 is 3.00 bits per heavy atom. The second-order valence-corrected chi connectivity index (χ2v) is 7.55. The minimum absolute atomic E-state index is 0.624. The van der Waals surface area contributed by atoms with Gasteiger partial charge in [0.1, 0.15) is 5.01 Å². The number of nitrogens with zero attached hydrogens (tertiary/aromatic N) is 3. The first-order valence-corrected chi connectivity index (χ1v) is 8.71. The first-order valence-electron chi connectivity index (χ1n) is 7.02. The Kier molecular flexibility index (Phi) is 4.05. The van der Waals surface area contributed by atoms with Gasteiger partial charge >= 0.3 is 0 Å². The molecule has 2 aromatic heterocycles. The van der Waals surface area contributed by atoms with Gasteiger partial charge in [-0.2, -0.15) is 0 Å². The van der Waals surface area contributed by atoms with Crippen molar-refractivity contribution in [1.82, 2.24) is 14.9 Å². The number of likely N-dealkylation sites (tertiary alicyclic amines) is 1. The van der Waals surface area contributed by atoms with Gasteiger partial charge in [-0.15, -0.1) is 22.7 Å². The summed E-state index contributed by atoms with van der Waals surface area (Å²) in [5, 5.41) is 3.83. The third-order valence-electron chi connectivity index (χ3n) is 3.70. The van der Waals surface area contributed by atoms with Crippen LogP contribution in [0.25, 0.3) is 10.6 Å². The van der Waals surface area contributed by atoms with Crippen LogP contribution in [0.15, 0.2) is 5.38 Å². The van der Waals surface area contributed by atoms with E-state index in [1.807, 2.05) is 5.38 Å². The van der Waals surface area contributed by atoms with Crippen LogP contribution in [-0.2, 0) is 6.54 Å². The smallest absolute Gasteiger partial charge is 0.180 e. The van der Waals surface area contributed by atoms with Crippen molar-refractivity contribution in [2.45, 2.75) is 33.2 Å². The molecule has 2 N–H and O–H groups in total. The second-order valence-electron chi connectivity index (χ2n) is 5.58. The molecule has 1 saturated heterocycles. The van der Waals surface area contributed by atoms with Gasteiger partial charge in [0.25, 0.3) is 0 Å². The van der Waals surface area contributed by atoms with E-state index in [0.717, 1.165) is 28.7 Å². The SMILES string of the molecule is Cc1nc(CN2CCCC(C)C2)sc1-c1csc(N)n1. The molecule has 3 heterocycles. The van der Waals surface area contributed by atoms with Crippen LogP contribution >= 0.6 is 22.7 Å². The Labute approximate surface area is 127 Å². The fourth-order valence-electron chi connectivity index (χ4n) is 2.77. The number of anilines is 1. The third kappa shape index (κ3) is 3.02. The van der Waals surface area contributed by atoms with Crippen LogP contribution in [0.3, 0.4) is 0 Å². The highest BCUT2D eigenvalue weighted by Gasteiger charge is 2.19. The molecule has 0 amide bonds. The van der Waals surface area contributed by atoms with E-state index < -0.39 is 0 Å². The summed E-state index contributed by atoms with van der Waals surface area (Å²) in [5.74, 6) is 0.808. The van der Waals surface area contributed by atoms with Crippen molar-refractivity contribution in [1.29, 1.82) is 0 Å². The molecule has 1 fully saturated rings. The average Bonchev–Trinajstić information content (AvgIpc) is 2.96. The molecule has 1 atom stereocenters. The molecule has 3 rings (SSSR count). The number of thiazole rings is 2. The summed E-state index contributed by atoms with van der Waals surface area (Å²) in [4.78, 5) is 12.8. The lowest BCUT2D eigenvalue weighted by atomic mass is 10.0. The fourth-order valence-corrected chi connectivity index (χ4v) is 4.47. The van der Waals surface area contributed by atoms with E-state index >= 15 is 0 Å². The average molecular weight is 308 g/mol. The zero-order chi connectivity index (χ0) is 14.1. The topological polar surface area (TPSA) is 55.0 Å². The molecular weight excluding hydrogens is 288 g/mol. The van der Waals surface area contributed by atoms with Gasteiger partial charge in [0.2, 0.25) is 0 Å². The van der Waals surface area contributed by atoms with Crippen molar-refractivity contribution >= 4 is 27.8 Å². The first-order chi connectivity index (χ1) is 9.61. The standard InChI is InChI=1S/C14H20N4S2/c1-9-4-3-5-18(6-9)7-12-16-10(2)13(20-12)11-8-19-14(15)17-11/h8-9H,3-7H2,1-2H3,(H2,15,17). The number of nitrogen functional groups attached to an aromatic ring is 1. The van der Waals surface area contributed by atoms with Crippen LogP contribution in [0.5, 0.6) is 0 Å². The highest BCUT2D eigenvalue weighted by Crippen LogP contribution is 2.32. The Hall–Kier alpha value is -0.980. The number of aryl methyl sites for hydroxylation is 1. The molecule has 1 aliphatic heterocycles. The molecule has 6 heteroatoms. The summed E-state index contributed by atoms with van der Waals surface area (Å²) in [7, 11) is 0. The molecule has 20 heavy (non-hydrogen) atoms. The van der Waals surface area contributed by atoms with Gasteiger partial charge in [0, 0.05) is 11.9 Å². The van der Waals surface area contributed by atoms with Crippen molar-refractivity contribution in [3.05, 3.63) is 16.1 Å². The van der Waals surface area contributed by atoms with Gasteiger partial charge in [-0.05, 0) is 32.2 Å². The Balaban J connectivity index is 1.75. The number of hydrogen-bond donors (Lipinski definition) is 1. The maximum absolute atomic E-state index is 5.72. The number of nitrogens with two attached hydrogens (primary N) is 1. The normalized spacial score (nSPS) is 20.4. The van der Waals surface area contributed by atoms with Gasteiger partial charge in [-0.25, -0.2) is 9.97 Å². The van der Waals surface area contributed by atoms with Crippen LogP contribution in [0, 0.1) is 12.8 Å². The van der Waals surface area contributed by atoms with Gasteiger partial charge in [0.05, 0.1) is 22.8 Å². The van der Waals surface area contributed by atoms with E-state index in [-0.39, 0.29) is 0 Å². The zero-order valence-electron chi connectivity index (χ0n) is 11.9. The Morgan fingerprint density at radius 1 is 1.45 bits per heavy atom. The van der Waals surface area contributed by atoms with Crippen LogP contribution in [0.1, 0.15) is 30.5 Å². The van der Waals surface area contributed by atoms with Gasteiger partial charge in [0.15, 0.2) is 5.13 Å². The minimum Gasteiger partial charge on any atom is -0.375 e. The summed E-state index contributed by atoms with van der Waals surface area (Å²) in [6.07, 6.45) is 2.66. The van der Waals surface area contributed by atoms with Gasteiger partial charge in [-0.1, -0.05) is 6.92 Å². The molecular formula is C14H20N4S2. The lowest BCUT2D eigenvalue weighted by Gasteiger charge is -2.29. The molecule has 2 aromatic rings. The van der Waals surface area contributed by atoms with Crippen LogP contribution in [0.4, 0.5) is 5.13 Å². The highest BCUT2D eigenvalue weighted by molar-refractivity contribution is 7.16. The quantitative estimate of drug-likeness (QED) is 0.944. The summed E-state index contributed by atoms with van der Waals surface area (Å²) >= 11 is 3.24. The van der Waals surface area contributed by atoms with Crippen molar-refractivity contribution in [2.24, 2.45) is 5.92 Å². The molecule has 1 unspecified atom stereocenters. The van der Waals surface area contributed by atoms with E-state index in [9.17, 15) is 0 Å². The number of rotatable bonds is 3. The van der Waals surface area contributed by atoms with E-state index in [4.69, 9.17) is 10.7 Å². The number of aromatic nitrogens is 2. The van der Waals surface area contributed by atoms with E-state index in [2.05, 4.69) is 23.7 Å². The Bertz CT molecular complexity index is 590. The zero-order valence-corrected chi connectivity index (χ0v) is 13.6. The lowest BCUT2D eigenvalue weighted by Crippen LogP contribution is -2.33. The van der Waals surface area contributed by atoms with Crippen LogP contribution < -0.4 is 5.73 Å². The summed E-state index contributed by atoms with van der Waals surface area (Å²) in [6.45, 7) is 7.75. The van der Waals surface area contributed by atoms with Gasteiger partial charge in [-0.3, -0.25) is 4.90 Å². The molecule has 0 bridgehead atoms. The second kappa shape index (κ2) is 5.79. The van der Waals surface area contributed by atoms with Gasteiger partial charge < -0.3 is 5.73 Å². The van der Waals surface area contributed by atoms with E-state index in [1.165, 1.54) is 42.3 Å². The van der Waals surface area contributed by atoms with Crippen molar-refractivity contribution < 1.29 is 0 Å².